The highest BCUT2D eigenvalue weighted by Crippen LogP contribution is 2.13. The van der Waals surface area contributed by atoms with Gasteiger partial charge in [0, 0.05) is 32.7 Å². The number of nitro groups is 1. The minimum absolute atomic E-state index is 0.207. The van der Waals surface area contributed by atoms with E-state index in [9.17, 15) is 14.9 Å². The normalized spacial score (nSPS) is 15.7. The number of piperazine rings is 1. The van der Waals surface area contributed by atoms with E-state index in [-0.39, 0.29) is 24.1 Å². The number of nitrogens with one attached hydrogen (secondary N) is 1. The van der Waals surface area contributed by atoms with Gasteiger partial charge in [-0.15, -0.1) is 0 Å². The predicted octanol–water partition coefficient (Wildman–Crippen LogP) is 1.50. The second kappa shape index (κ2) is 9.77. The Bertz CT molecular complexity index is 813. The lowest BCUT2D eigenvalue weighted by Crippen LogP contribution is -2.49. The number of carbonyl (C=O) groups is 1. The second-order valence-electron chi connectivity index (χ2n) is 6.58. The van der Waals surface area contributed by atoms with Crippen molar-refractivity contribution in [3.8, 4) is 0 Å². The van der Waals surface area contributed by atoms with E-state index in [0.717, 1.165) is 39.1 Å². The molecule has 28 heavy (non-hydrogen) atoms. The van der Waals surface area contributed by atoms with Crippen LogP contribution in [-0.2, 0) is 11.2 Å². The minimum atomic E-state index is -0.630. The quantitative estimate of drug-likeness (QED) is 0.419. The molecule has 0 radical (unpaired) electrons. The molecule has 1 fully saturated rings. The molecule has 1 aromatic heterocycles. The predicted molar refractivity (Wildman–Crippen MR) is 104 cm³/mol. The van der Waals surface area contributed by atoms with E-state index < -0.39 is 4.92 Å². The fraction of sp³-hybridized carbons (Fsp3) is 0.368. The minimum Gasteiger partial charge on any atom is -0.400 e. The monoisotopic (exact) mass is 385 g/mol. The van der Waals surface area contributed by atoms with Gasteiger partial charge in [-0.1, -0.05) is 30.3 Å². The molecule has 1 aliphatic rings. The van der Waals surface area contributed by atoms with Gasteiger partial charge >= 0.3 is 5.88 Å². The van der Waals surface area contributed by atoms with Crippen molar-refractivity contribution >= 4 is 18.0 Å². The van der Waals surface area contributed by atoms with Crippen LogP contribution in [0.15, 0.2) is 52.0 Å². The zero-order chi connectivity index (χ0) is 19.8. The number of amides is 1. The average molecular weight is 385 g/mol. The largest absolute Gasteiger partial charge is 0.433 e. The van der Waals surface area contributed by atoms with Gasteiger partial charge in [-0.05, 0) is 18.1 Å². The molecule has 0 atom stereocenters. The molecule has 0 unspecified atom stereocenters. The molecule has 0 aliphatic carbocycles. The van der Waals surface area contributed by atoms with Gasteiger partial charge < -0.3 is 9.32 Å². The third kappa shape index (κ3) is 6.00. The zero-order valence-corrected chi connectivity index (χ0v) is 15.5. The van der Waals surface area contributed by atoms with Gasteiger partial charge in [0.15, 0.2) is 5.76 Å². The molecule has 1 N–H and O–H groups in total. The first-order chi connectivity index (χ1) is 13.6. The first kappa shape index (κ1) is 19.7. The van der Waals surface area contributed by atoms with Crippen molar-refractivity contribution in [1.29, 1.82) is 0 Å². The van der Waals surface area contributed by atoms with Gasteiger partial charge in [0.25, 0.3) is 5.91 Å². The number of hydrazone groups is 1. The number of benzene rings is 1. The standard InChI is InChI=1S/C19H23N5O4/c25-18(21-20-14-17-6-7-19(28-17)24(26)27)15-23-12-10-22(11-13-23)9-8-16-4-2-1-3-5-16/h1-7,14H,8-13,15H2,(H,21,25)/b20-14+. The van der Waals surface area contributed by atoms with Crippen molar-refractivity contribution in [2.75, 3.05) is 39.3 Å². The van der Waals surface area contributed by atoms with E-state index in [1.165, 1.54) is 23.9 Å². The summed E-state index contributed by atoms with van der Waals surface area (Å²) in [6.07, 6.45) is 2.27. The Labute approximate surface area is 162 Å². The van der Waals surface area contributed by atoms with Gasteiger partial charge in [0.2, 0.25) is 0 Å². The molecule has 2 heterocycles. The van der Waals surface area contributed by atoms with Crippen LogP contribution in [0, 0.1) is 10.1 Å². The summed E-state index contributed by atoms with van der Waals surface area (Å²) in [5.74, 6) is -0.382. The van der Waals surface area contributed by atoms with Gasteiger partial charge in [-0.25, -0.2) is 5.43 Å². The summed E-state index contributed by atoms with van der Waals surface area (Å²) in [7, 11) is 0. The van der Waals surface area contributed by atoms with Crippen LogP contribution in [0.25, 0.3) is 0 Å². The third-order valence-electron chi connectivity index (χ3n) is 4.57. The Morgan fingerprint density at radius 1 is 1.14 bits per heavy atom. The molecule has 1 amide bonds. The fourth-order valence-electron chi connectivity index (χ4n) is 3.02. The Balaban J connectivity index is 1.34. The molecule has 0 saturated carbocycles. The van der Waals surface area contributed by atoms with Crippen molar-refractivity contribution in [2.45, 2.75) is 6.42 Å². The molecule has 148 valence electrons. The number of furan rings is 1. The van der Waals surface area contributed by atoms with Gasteiger partial charge in [-0.3, -0.25) is 19.8 Å². The van der Waals surface area contributed by atoms with E-state index in [1.54, 1.807) is 0 Å². The number of carbonyl (C=O) groups excluding carboxylic acids is 1. The summed E-state index contributed by atoms with van der Waals surface area (Å²) in [6, 6.07) is 13.1. The number of nitrogens with zero attached hydrogens (tertiary/aromatic N) is 4. The van der Waals surface area contributed by atoms with Crippen molar-refractivity contribution in [3.63, 3.8) is 0 Å². The molecule has 1 aromatic carbocycles. The van der Waals surface area contributed by atoms with Crippen molar-refractivity contribution < 1.29 is 14.1 Å². The summed E-state index contributed by atoms with van der Waals surface area (Å²) in [5.41, 5.74) is 3.76. The summed E-state index contributed by atoms with van der Waals surface area (Å²) in [4.78, 5) is 26.4. The third-order valence-corrected chi connectivity index (χ3v) is 4.57. The topological polar surface area (TPSA) is 104 Å². The second-order valence-corrected chi connectivity index (χ2v) is 6.58. The maximum atomic E-state index is 12.0. The summed E-state index contributed by atoms with van der Waals surface area (Å²) >= 11 is 0. The molecular weight excluding hydrogens is 362 g/mol. The summed E-state index contributed by atoms with van der Waals surface area (Å²) in [6.45, 7) is 4.80. The molecule has 2 aromatic rings. The molecule has 9 heteroatoms. The van der Waals surface area contributed by atoms with E-state index in [2.05, 4.69) is 44.6 Å². The lowest BCUT2D eigenvalue weighted by atomic mass is 10.1. The maximum absolute atomic E-state index is 12.0. The van der Waals surface area contributed by atoms with Crippen LogP contribution in [-0.4, -0.2) is 66.1 Å². The van der Waals surface area contributed by atoms with Crippen LogP contribution in [0.4, 0.5) is 5.88 Å². The van der Waals surface area contributed by atoms with E-state index in [4.69, 9.17) is 4.42 Å². The molecule has 3 rings (SSSR count). The Morgan fingerprint density at radius 2 is 1.86 bits per heavy atom. The highest BCUT2D eigenvalue weighted by molar-refractivity contribution is 5.81. The maximum Gasteiger partial charge on any atom is 0.433 e. The van der Waals surface area contributed by atoms with Crippen LogP contribution in [0.1, 0.15) is 11.3 Å². The average Bonchev–Trinajstić information content (AvgIpc) is 3.18. The molecule has 1 aliphatic heterocycles. The summed E-state index contributed by atoms with van der Waals surface area (Å²) in [5, 5.41) is 14.3. The van der Waals surface area contributed by atoms with Crippen LogP contribution < -0.4 is 5.43 Å². The van der Waals surface area contributed by atoms with Gasteiger partial charge in [0.05, 0.1) is 18.8 Å². The van der Waals surface area contributed by atoms with Crippen molar-refractivity contribution in [1.82, 2.24) is 15.2 Å². The molecular formula is C19H23N5O4. The lowest BCUT2D eigenvalue weighted by Gasteiger charge is -2.34. The van der Waals surface area contributed by atoms with Crippen molar-refractivity contribution in [2.24, 2.45) is 5.10 Å². The Kier molecular flexibility index (Phi) is 6.88. The van der Waals surface area contributed by atoms with E-state index in [1.807, 2.05) is 6.07 Å². The highest BCUT2D eigenvalue weighted by Gasteiger charge is 2.18. The molecule has 1 saturated heterocycles. The van der Waals surface area contributed by atoms with Crippen LogP contribution in [0.2, 0.25) is 0 Å². The van der Waals surface area contributed by atoms with Crippen molar-refractivity contribution in [3.05, 3.63) is 63.9 Å². The van der Waals surface area contributed by atoms with Gasteiger partial charge in [0.1, 0.15) is 4.92 Å². The number of hydrogen-bond acceptors (Lipinski definition) is 7. The fourth-order valence-corrected chi connectivity index (χ4v) is 3.02. The molecule has 9 nitrogen and oxygen atoms in total. The zero-order valence-electron chi connectivity index (χ0n) is 15.5. The number of rotatable bonds is 8. The SMILES string of the molecule is O=C(CN1CCN(CCc2ccccc2)CC1)N/N=C/c1ccc([N+](=O)[O-])o1. The Morgan fingerprint density at radius 3 is 2.54 bits per heavy atom. The summed E-state index contributed by atoms with van der Waals surface area (Å²) < 4.78 is 4.93. The first-order valence-corrected chi connectivity index (χ1v) is 9.15. The van der Waals surface area contributed by atoms with E-state index in [0.29, 0.717) is 0 Å². The first-order valence-electron chi connectivity index (χ1n) is 9.15. The van der Waals surface area contributed by atoms with E-state index >= 15 is 0 Å². The van der Waals surface area contributed by atoms with Crippen LogP contribution in [0.5, 0.6) is 0 Å². The number of hydrogen-bond donors (Lipinski definition) is 1. The Hall–Kier alpha value is -3.04. The smallest absolute Gasteiger partial charge is 0.400 e. The van der Waals surface area contributed by atoms with Crippen LogP contribution >= 0.6 is 0 Å². The van der Waals surface area contributed by atoms with Gasteiger partial charge in [-0.2, -0.15) is 5.10 Å². The lowest BCUT2D eigenvalue weighted by molar-refractivity contribution is -0.402. The van der Waals surface area contributed by atoms with Crippen LogP contribution in [0.3, 0.4) is 0 Å². The molecule has 0 bridgehead atoms. The highest BCUT2D eigenvalue weighted by atomic mass is 16.6. The molecule has 0 spiro atoms.